The van der Waals surface area contributed by atoms with E-state index in [1.807, 2.05) is 5.38 Å². The lowest BCUT2D eigenvalue weighted by Gasteiger charge is -2.34. The van der Waals surface area contributed by atoms with Crippen molar-refractivity contribution in [2.45, 2.75) is 6.54 Å². The Kier molecular flexibility index (Phi) is 5.19. The molecule has 1 aliphatic rings. The van der Waals surface area contributed by atoms with E-state index in [1.54, 1.807) is 39.8 Å². The predicted molar refractivity (Wildman–Crippen MR) is 107 cm³/mol. The molecule has 0 aliphatic carbocycles. The highest BCUT2D eigenvalue weighted by molar-refractivity contribution is 7.15. The van der Waals surface area contributed by atoms with Gasteiger partial charge in [-0.1, -0.05) is 23.2 Å². The van der Waals surface area contributed by atoms with Crippen molar-refractivity contribution < 1.29 is 4.79 Å². The van der Waals surface area contributed by atoms with E-state index in [1.165, 1.54) is 11.3 Å². The molecule has 0 N–H and O–H groups in total. The van der Waals surface area contributed by atoms with Gasteiger partial charge in [-0.25, -0.2) is 4.98 Å². The highest BCUT2D eigenvalue weighted by Crippen LogP contribution is 2.23. The maximum Gasteiger partial charge on any atom is 0.258 e. The van der Waals surface area contributed by atoms with Gasteiger partial charge in [0.25, 0.3) is 11.5 Å². The van der Waals surface area contributed by atoms with Gasteiger partial charge in [0.05, 0.1) is 16.3 Å². The van der Waals surface area contributed by atoms with Crippen LogP contribution >= 0.6 is 34.5 Å². The summed E-state index contributed by atoms with van der Waals surface area (Å²) in [6.45, 7) is 3.20. The predicted octanol–water partition coefficient (Wildman–Crippen LogP) is 3.02. The number of aromatic nitrogens is 2. The topological polar surface area (TPSA) is 57.9 Å². The molecule has 1 fully saturated rings. The molecule has 1 amide bonds. The number of carbonyl (C=O) groups is 1. The molecule has 6 nitrogen and oxygen atoms in total. The normalized spacial score (nSPS) is 15.4. The lowest BCUT2D eigenvalue weighted by atomic mass is 10.1. The fourth-order valence-corrected chi connectivity index (χ4v) is 4.37. The highest BCUT2D eigenvalue weighted by atomic mass is 35.5. The number of hydrogen-bond acceptors (Lipinski definition) is 5. The summed E-state index contributed by atoms with van der Waals surface area (Å²) in [5.41, 5.74) is 1.15. The molecule has 3 aromatic rings. The smallest absolute Gasteiger partial charge is 0.258 e. The summed E-state index contributed by atoms with van der Waals surface area (Å²) >= 11 is 13.5. The van der Waals surface area contributed by atoms with Gasteiger partial charge in [-0.05, 0) is 18.2 Å². The van der Waals surface area contributed by atoms with Crippen LogP contribution in [0.15, 0.2) is 40.6 Å². The lowest BCUT2D eigenvalue weighted by Crippen LogP contribution is -2.48. The molecule has 27 heavy (non-hydrogen) atoms. The third-order valence-corrected chi connectivity index (χ3v) is 5.87. The molecular weight excluding hydrogens is 407 g/mol. The zero-order valence-corrected chi connectivity index (χ0v) is 16.6. The third kappa shape index (κ3) is 3.87. The number of fused-ring (bicyclic) bond motifs is 1. The molecule has 2 aromatic heterocycles. The van der Waals surface area contributed by atoms with Gasteiger partial charge in [0.1, 0.15) is 0 Å². The van der Waals surface area contributed by atoms with E-state index in [0.717, 1.165) is 5.69 Å². The second-order valence-corrected chi connectivity index (χ2v) is 8.05. The molecule has 3 heterocycles. The van der Waals surface area contributed by atoms with Crippen molar-refractivity contribution in [3.63, 3.8) is 0 Å². The maximum absolute atomic E-state index is 12.7. The zero-order chi connectivity index (χ0) is 19.0. The zero-order valence-electron chi connectivity index (χ0n) is 14.3. The van der Waals surface area contributed by atoms with Crippen LogP contribution in [0.2, 0.25) is 10.0 Å². The van der Waals surface area contributed by atoms with Crippen LogP contribution in [0, 0.1) is 0 Å². The largest absolute Gasteiger partial charge is 0.336 e. The molecule has 0 bridgehead atoms. The molecule has 4 rings (SSSR count). The average Bonchev–Trinajstić information content (AvgIpc) is 3.11. The SMILES string of the molecule is O=C(c1ccc(Cl)cc1Cl)N1CCN(Cc2cc(=O)n3ccsc3n2)CC1. The van der Waals surface area contributed by atoms with Gasteiger partial charge in [0.2, 0.25) is 0 Å². The first-order valence-corrected chi connectivity index (χ1v) is 10.1. The standard InChI is InChI=1S/C18H16Cl2N4O2S/c19-12-1-2-14(15(20)9-12)17(26)23-5-3-22(4-6-23)11-13-10-16(25)24-7-8-27-18(24)21-13/h1-2,7-10H,3-6,11H2. The van der Waals surface area contributed by atoms with E-state index in [-0.39, 0.29) is 11.5 Å². The Bertz CT molecular complexity index is 1060. The fourth-order valence-electron chi connectivity index (χ4n) is 3.14. The van der Waals surface area contributed by atoms with Crippen molar-refractivity contribution in [2.24, 2.45) is 0 Å². The highest BCUT2D eigenvalue weighted by Gasteiger charge is 2.24. The number of piperazine rings is 1. The Labute approximate surface area is 169 Å². The first-order valence-electron chi connectivity index (χ1n) is 8.44. The number of amides is 1. The first-order chi connectivity index (χ1) is 13.0. The number of hydrogen-bond donors (Lipinski definition) is 0. The Morgan fingerprint density at radius 1 is 1.15 bits per heavy atom. The second kappa shape index (κ2) is 7.59. The molecular formula is C18H16Cl2N4O2S. The molecule has 1 saturated heterocycles. The summed E-state index contributed by atoms with van der Waals surface area (Å²) in [5, 5.41) is 2.72. The van der Waals surface area contributed by atoms with Gasteiger partial charge >= 0.3 is 0 Å². The number of carbonyl (C=O) groups excluding carboxylic acids is 1. The number of thiazole rings is 1. The summed E-state index contributed by atoms with van der Waals surface area (Å²) in [4.78, 5) is 34.0. The summed E-state index contributed by atoms with van der Waals surface area (Å²) in [5.74, 6) is -0.0901. The van der Waals surface area contributed by atoms with Gasteiger partial charge < -0.3 is 4.90 Å². The quantitative estimate of drug-likeness (QED) is 0.650. The third-order valence-electron chi connectivity index (χ3n) is 4.56. The van der Waals surface area contributed by atoms with Crippen molar-refractivity contribution in [1.82, 2.24) is 19.2 Å². The van der Waals surface area contributed by atoms with E-state index in [2.05, 4.69) is 9.88 Å². The molecule has 0 spiro atoms. The van der Waals surface area contributed by atoms with Gasteiger partial charge in [0.15, 0.2) is 4.96 Å². The lowest BCUT2D eigenvalue weighted by molar-refractivity contribution is 0.0627. The Balaban J connectivity index is 1.41. The van der Waals surface area contributed by atoms with Crippen LogP contribution in [0.3, 0.4) is 0 Å². The molecule has 0 atom stereocenters. The van der Waals surface area contributed by atoms with Crippen LogP contribution in [-0.2, 0) is 6.54 Å². The van der Waals surface area contributed by atoms with Gasteiger partial charge in [0, 0.05) is 55.4 Å². The van der Waals surface area contributed by atoms with Crippen LogP contribution in [0.5, 0.6) is 0 Å². The monoisotopic (exact) mass is 422 g/mol. The van der Waals surface area contributed by atoms with E-state index in [9.17, 15) is 9.59 Å². The molecule has 1 aromatic carbocycles. The van der Waals surface area contributed by atoms with Crippen LogP contribution < -0.4 is 5.56 Å². The molecule has 0 unspecified atom stereocenters. The number of nitrogens with zero attached hydrogens (tertiary/aromatic N) is 4. The fraction of sp³-hybridized carbons (Fsp3) is 0.278. The van der Waals surface area contributed by atoms with Crippen molar-refractivity contribution in [1.29, 1.82) is 0 Å². The molecule has 140 valence electrons. The minimum Gasteiger partial charge on any atom is -0.336 e. The Morgan fingerprint density at radius 3 is 2.67 bits per heavy atom. The molecule has 0 saturated carbocycles. The first kappa shape index (κ1) is 18.4. The van der Waals surface area contributed by atoms with Crippen molar-refractivity contribution in [2.75, 3.05) is 26.2 Å². The van der Waals surface area contributed by atoms with Gasteiger partial charge in [-0.2, -0.15) is 0 Å². The summed E-state index contributed by atoms with van der Waals surface area (Å²) in [6, 6.07) is 6.48. The maximum atomic E-state index is 12.7. The van der Waals surface area contributed by atoms with Gasteiger partial charge in [-0.3, -0.25) is 18.9 Å². The average molecular weight is 423 g/mol. The number of benzene rings is 1. The molecule has 9 heteroatoms. The van der Waals surface area contributed by atoms with Crippen molar-refractivity contribution >= 4 is 45.4 Å². The van der Waals surface area contributed by atoms with Crippen LogP contribution in [0.1, 0.15) is 16.1 Å². The minimum atomic E-state index is -0.0901. The van der Waals surface area contributed by atoms with Crippen molar-refractivity contribution in [3.05, 3.63) is 67.5 Å². The van der Waals surface area contributed by atoms with Crippen LogP contribution in [0.25, 0.3) is 4.96 Å². The Hall–Kier alpha value is -1.93. The second-order valence-electron chi connectivity index (χ2n) is 6.33. The Morgan fingerprint density at radius 2 is 1.93 bits per heavy atom. The summed E-state index contributed by atoms with van der Waals surface area (Å²) in [7, 11) is 0. The number of halogens is 2. The molecule has 0 radical (unpaired) electrons. The molecule has 1 aliphatic heterocycles. The van der Waals surface area contributed by atoms with Crippen LogP contribution in [-0.4, -0.2) is 51.3 Å². The van der Waals surface area contributed by atoms with Crippen molar-refractivity contribution in [3.8, 4) is 0 Å². The van der Waals surface area contributed by atoms with E-state index < -0.39 is 0 Å². The van der Waals surface area contributed by atoms with Crippen LogP contribution in [0.4, 0.5) is 0 Å². The van der Waals surface area contributed by atoms with E-state index in [0.29, 0.717) is 53.3 Å². The van der Waals surface area contributed by atoms with Gasteiger partial charge in [-0.15, -0.1) is 11.3 Å². The summed E-state index contributed by atoms with van der Waals surface area (Å²) in [6.07, 6.45) is 1.73. The number of rotatable bonds is 3. The van der Waals surface area contributed by atoms with E-state index >= 15 is 0 Å². The minimum absolute atomic E-state index is 0.0672. The summed E-state index contributed by atoms with van der Waals surface area (Å²) < 4.78 is 1.54. The van der Waals surface area contributed by atoms with E-state index in [4.69, 9.17) is 23.2 Å².